The van der Waals surface area contributed by atoms with E-state index in [0.717, 1.165) is 19.3 Å². The summed E-state index contributed by atoms with van der Waals surface area (Å²) >= 11 is 0. The van der Waals surface area contributed by atoms with Crippen molar-refractivity contribution in [3.8, 4) is 0 Å². The average Bonchev–Trinajstić information content (AvgIpc) is 2.74. The molecular weight excluding hydrogens is 484 g/mol. The van der Waals surface area contributed by atoms with Crippen LogP contribution in [0.1, 0.15) is 84.6 Å². The molecule has 0 radical (unpaired) electrons. The van der Waals surface area contributed by atoms with Crippen molar-refractivity contribution in [1.29, 1.82) is 0 Å². The summed E-state index contributed by atoms with van der Waals surface area (Å²) in [4.78, 5) is 45.8. The minimum atomic E-state index is -0.623. The summed E-state index contributed by atoms with van der Waals surface area (Å²) in [6, 6.07) is 0. The van der Waals surface area contributed by atoms with Crippen LogP contribution in [0, 0.1) is 5.92 Å². The van der Waals surface area contributed by atoms with Gasteiger partial charge in [0, 0.05) is 32.1 Å². The van der Waals surface area contributed by atoms with Crippen LogP contribution in [0.15, 0.2) is 0 Å². The van der Waals surface area contributed by atoms with Gasteiger partial charge in [0.25, 0.3) is 0 Å². The molecule has 0 saturated carbocycles. The normalized spacial score (nSPS) is 8.43. The Balaban J connectivity index is -0.000000300. The smallest absolute Gasteiger partial charge is 0.407 e. The molecule has 0 unspecified atom stereocenters. The van der Waals surface area contributed by atoms with Gasteiger partial charge in [0.2, 0.25) is 0 Å². The number of ether oxygens (including phenoxy) is 4. The van der Waals surface area contributed by atoms with Gasteiger partial charge >= 0.3 is 24.4 Å². The summed E-state index contributed by atoms with van der Waals surface area (Å²) in [7, 11) is 0. The highest BCUT2D eigenvalue weighted by atomic mass is 16.6. The van der Waals surface area contributed by atoms with E-state index in [1.54, 1.807) is 13.8 Å². The van der Waals surface area contributed by atoms with Crippen molar-refractivity contribution in [2.75, 3.05) is 52.6 Å². The van der Waals surface area contributed by atoms with Gasteiger partial charge in [-0.25, -0.2) is 19.2 Å². The lowest BCUT2D eigenvalue weighted by atomic mass is 10.0. The number of amides is 4. The van der Waals surface area contributed by atoms with Crippen LogP contribution >= 0.6 is 0 Å². The third-order valence-corrected chi connectivity index (χ3v) is 3.74. The molecule has 0 aromatic carbocycles. The van der Waals surface area contributed by atoms with Crippen molar-refractivity contribution in [3.05, 3.63) is 0 Å². The van der Waals surface area contributed by atoms with Crippen molar-refractivity contribution in [2.24, 2.45) is 5.92 Å². The molecule has 0 saturated heterocycles. The van der Waals surface area contributed by atoms with E-state index in [-0.39, 0.29) is 103 Å². The van der Waals surface area contributed by atoms with Crippen molar-refractivity contribution < 1.29 is 38.1 Å². The van der Waals surface area contributed by atoms with Crippen LogP contribution in [-0.4, -0.2) is 77.0 Å². The molecule has 0 heterocycles. The Morgan fingerprint density at radius 1 is 0.541 bits per heavy atom. The lowest BCUT2D eigenvalue weighted by molar-refractivity contribution is 0.0817. The van der Waals surface area contributed by atoms with Crippen LogP contribution in [0.3, 0.4) is 0 Å². The van der Waals surface area contributed by atoms with E-state index in [1.165, 1.54) is 0 Å². The Bertz CT molecular complexity index is 495. The summed E-state index contributed by atoms with van der Waals surface area (Å²) in [5.74, 6) is -0.147. The van der Waals surface area contributed by atoms with Crippen molar-refractivity contribution in [1.82, 2.24) is 21.3 Å². The molecule has 0 spiro atoms. The molecule has 0 atom stereocenters. The van der Waals surface area contributed by atoms with E-state index in [9.17, 15) is 19.2 Å². The van der Waals surface area contributed by atoms with Crippen LogP contribution in [-0.2, 0) is 18.9 Å². The molecule has 228 valence electrons. The van der Waals surface area contributed by atoms with E-state index in [2.05, 4.69) is 21.3 Å². The molecule has 0 aromatic rings. The first-order valence-electron chi connectivity index (χ1n) is 10.5. The highest BCUT2D eigenvalue weighted by Crippen LogP contribution is 2.10. The zero-order valence-electron chi connectivity index (χ0n) is 18.6. The zero-order valence-corrected chi connectivity index (χ0v) is 18.6. The molecule has 12 nitrogen and oxygen atoms in total. The van der Waals surface area contributed by atoms with Crippen LogP contribution in [0.4, 0.5) is 19.2 Å². The number of alkyl carbamates (subject to hydrolysis) is 4. The number of unbranched alkanes of at least 4 members (excludes halogenated alkanes) is 1. The predicted octanol–water partition coefficient (Wildman–Crippen LogP) is 5.55. The topological polar surface area (TPSA) is 153 Å². The maximum absolute atomic E-state index is 11.8. The Morgan fingerprint density at radius 3 is 1.11 bits per heavy atom. The molecule has 4 amide bonds. The SMILES string of the molecule is C.C.C.C.C.C.CCCCC(COC(=O)NCCNC(=O)OCC)COC(=O)NCCNC(=O)OCC. The molecule has 0 aromatic heterocycles. The molecule has 0 aliphatic carbocycles. The lowest BCUT2D eigenvalue weighted by Crippen LogP contribution is -2.37. The number of carbonyl (C=O) groups is 4. The first-order chi connectivity index (χ1) is 14.9. The third kappa shape index (κ3) is 33.1. The zero-order chi connectivity index (χ0) is 23.3. The van der Waals surface area contributed by atoms with Gasteiger partial charge in [-0.2, -0.15) is 0 Å². The van der Waals surface area contributed by atoms with E-state index in [1.807, 2.05) is 6.92 Å². The number of rotatable bonds is 15. The van der Waals surface area contributed by atoms with Crippen molar-refractivity contribution in [2.45, 2.75) is 84.6 Å². The van der Waals surface area contributed by atoms with Crippen LogP contribution < -0.4 is 21.3 Å². The molecule has 4 N–H and O–H groups in total. The van der Waals surface area contributed by atoms with E-state index in [0.29, 0.717) is 0 Å². The first kappa shape index (κ1) is 50.9. The Hall–Kier alpha value is -2.92. The fraction of sp³-hybridized carbons (Fsp3) is 0.840. The second-order valence-corrected chi connectivity index (χ2v) is 6.35. The second-order valence-electron chi connectivity index (χ2n) is 6.35. The second kappa shape index (κ2) is 35.2. The molecular formula is C25H60N4O8. The van der Waals surface area contributed by atoms with E-state index in [4.69, 9.17) is 18.9 Å². The summed E-state index contributed by atoms with van der Waals surface area (Å²) in [6.45, 7) is 6.95. The number of hydrogen-bond acceptors (Lipinski definition) is 8. The predicted molar refractivity (Wildman–Crippen MR) is 152 cm³/mol. The summed E-state index contributed by atoms with van der Waals surface area (Å²) in [5, 5.41) is 9.97. The van der Waals surface area contributed by atoms with Gasteiger partial charge in [-0.1, -0.05) is 64.3 Å². The Labute approximate surface area is 227 Å². The Kier molecular flexibility index (Phi) is 48.4. The van der Waals surface area contributed by atoms with Crippen LogP contribution in [0.5, 0.6) is 0 Å². The molecule has 0 bridgehead atoms. The van der Waals surface area contributed by atoms with E-state index >= 15 is 0 Å². The number of hydrogen-bond donors (Lipinski definition) is 4. The summed E-state index contributed by atoms with van der Waals surface area (Å²) in [5.41, 5.74) is 0. The van der Waals surface area contributed by atoms with Gasteiger partial charge in [-0.15, -0.1) is 0 Å². The summed E-state index contributed by atoms with van der Waals surface area (Å²) in [6.07, 6.45) is 0.227. The third-order valence-electron chi connectivity index (χ3n) is 3.74. The fourth-order valence-electron chi connectivity index (χ4n) is 2.22. The largest absolute Gasteiger partial charge is 0.450 e. The maximum Gasteiger partial charge on any atom is 0.407 e. The quantitative estimate of drug-likeness (QED) is 0.154. The number of nitrogens with one attached hydrogen (secondary N) is 4. The molecule has 37 heavy (non-hydrogen) atoms. The Morgan fingerprint density at radius 2 is 0.838 bits per heavy atom. The first-order valence-corrected chi connectivity index (χ1v) is 10.5. The van der Waals surface area contributed by atoms with E-state index < -0.39 is 24.4 Å². The summed E-state index contributed by atoms with van der Waals surface area (Å²) < 4.78 is 19.7. The highest BCUT2D eigenvalue weighted by Gasteiger charge is 2.15. The molecule has 0 rings (SSSR count). The molecule has 0 fully saturated rings. The van der Waals surface area contributed by atoms with Crippen LogP contribution in [0.2, 0.25) is 0 Å². The number of carbonyl (C=O) groups excluding carboxylic acids is 4. The van der Waals surface area contributed by atoms with Gasteiger partial charge < -0.3 is 40.2 Å². The minimum Gasteiger partial charge on any atom is -0.450 e. The average molecular weight is 545 g/mol. The van der Waals surface area contributed by atoms with Gasteiger partial charge in [0.05, 0.1) is 26.4 Å². The highest BCUT2D eigenvalue weighted by molar-refractivity contribution is 5.69. The van der Waals surface area contributed by atoms with Gasteiger partial charge in [0.1, 0.15) is 0 Å². The van der Waals surface area contributed by atoms with Gasteiger partial charge in [-0.3, -0.25) is 0 Å². The lowest BCUT2D eigenvalue weighted by Gasteiger charge is -2.17. The van der Waals surface area contributed by atoms with Crippen LogP contribution in [0.25, 0.3) is 0 Å². The fourth-order valence-corrected chi connectivity index (χ4v) is 2.22. The minimum absolute atomic E-state index is 0. The van der Waals surface area contributed by atoms with Crippen molar-refractivity contribution in [3.63, 3.8) is 0 Å². The standard InChI is InChI=1S/C19H36N4O8.6CH4/c1-4-7-8-15(13-30-18(26)22-11-9-20-16(24)28-5-2)14-31-19(27)23-12-10-21-17(25)29-6-3;;;;;;/h15H,4-14H2,1-3H3,(H,20,24)(H,21,25)(H,22,26)(H,23,27);6*1H4. The van der Waals surface area contributed by atoms with Crippen molar-refractivity contribution >= 4 is 24.4 Å². The molecule has 12 heteroatoms. The van der Waals surface area contributed by atoms with Gasteiger partial charge in [-0.05, 0) is 20.3 Å². The maximum atomic E-state index is 11.8. The monoisotopic (exact) mass is 544 g/mol. The molecule has 0 aliphatic heterocycles. The molecule has 0 aliphatic rings. The van der Waals surface area contributed by atoms with Gasteiger partial charge in [0.15, 0.2) is 0 Å².